The summed E-state index contributed by atoms with van der Waals surface area (Å²) in [7, 11) is 0. The Balaban J connectivity index is 3.15. The molecule has 0 fully saturated rings. The Labute approximate surface area is 78.2 Å². The fourth-order valence-electron chi connectivity index (χ4n) is 1.42. The number of aromatic nitrogens is 1. The van der Waals surface area contributed by atoms with Gasteiger partial charge < -0.3 is 10.3 Å². The summed E-state index contributed by atoms with van der Waals surface area (Å²) in [5.41, 5.74) is 7.56. The molecule has 3 heteroatoms. The van der Waals surface area contributed by atoms with Gasteiger partial charge in [0.15, 0.2) is 0 Å². The van der Waals surface area contributed by atoms with Crippen LogP contribution in [0, 0.1) is 6.92 Å². The van der Waals surface area contributed by atoms with Crippen molar-refractivity contribution in [3.8, 4) is 0 Å². The zero-order valence-corrected chi connectivity index (χ0v) is 8.21. The van der Waals surface area contributed by atoms with Gasteiger partial charge in [0.2, 0.25) is 0 Å². The number of hydrogen-bond acceptors (Lipinski definition) is 2. The average molecular weight is 180 g/mol. The molecule has 13 heavy (non-hydrogen) atoms. The molecule has 0 saturated carbocycles. The fourth-order valence-corrected chi connectivity index (χ4v) is 1.42. The molecule has 0 bridgehead atoms. The van der Waals surface area contributed by atoms with Gasteiger partial charge >= 0.3 is 0 Å². The fraction of sp³-hybridized carbons (Fsp3) is 0.500. The molecular formula is C10H16N2O. The van der Waals surface area contributed by atoms with E-state index in [9.17, 15) is 4.79 Å². The summed E-state index contributed by atoms with van der Waals surface area (Å²) in [6.45, 7) is 5.10. The summed E-state index contributed by atoms with van der Waals surface area (Å²) >= 11 is 0. The maximum Gasteiger partial charge on any atom is 0.251 e. The average Bonchev–Trinajstić information content (AvgIpc) is 2.11. The Kier molecular flexibility index (Phi) is 3.25. The van der Waals surface area contributed by atoms with Crippen molar-refractivity contribution in [2.45, 2.75) is 26.8 Å². The summed E-state index contributed by atoms with van der Waals surface area (Å²) in [6, 6.07) is 3.72. The number of rotatable bonds is 3. The lowest BCUT2D eigenvalue weighted by Gasteiger charge is -2.09. The number of nitrogens with two attached hydrogens (primary N) is 1. The second-order valence-electron chi connectivity index (χ2n) is 3.14. The van der Waals surface area contributed by atoms with E-state index in [1.54, 1.807) is 10.6 Å². The first-order valence-corrected chi connectivity index (χ1v) is 4.59. The van der Waals surface area contributed by atoms with Crippen LogP contribution < -0.4 is 11.3 Å². The predicted molar refractivity (Wildman–Crippen MR) is 53.9 cm³/mol. The summed E-state index contributed by atoms with van der Waals surface area (Å²) in [5, 5.41) is 0. The Morgan fingerprint density at radius 2 is 2.15 bits per heavy atom. The van der Waals surface area contributed by atoms with E-state index in [0.717, 1.165) is 17.7 Å². The molecule has 0 saturated heterocycles. The summed E-state index contributed by atoms with van der Waals surface area (Å²) < 4.78 is 1.71. The third kappa shape index (κ3) is 2.18. The van der Waals surface area contributed by atoms with Gasteiger partial charge in [-0.05, 0) is 25.0 Å². The molecule has 0 amide bonds. The highest BCUT2D eigenvalue weighted by Crippen LogP contribution is 2.01. The van der Waals surface area contributed by atoms with E-state index in [0.29, 0.717) is 13.1 Å². The molecule has 1 aromatic heterocycles. The first-order valence-electron chi connectivity index (χ1n) is 4.59. The van der Waals surface area contributed by atoms with E-state index >= 15 is 0 Å². The van der Waals surface area contributed by atoms with Crippen LogP contribution in [0.25, 0.3) is 0 Å². The molecule has 1 heterocycles. The van der Waals surface area contributed by atoms with Gasteiger partial charge in [0.25, 0.3) is 5.56 Å². The molecule has 72 valence electrons. The van der Waals surface area contributed by atoms with Gasteiger partial charge in [0.1, 0.15) is 0 Å². The van der Waals surface area contributed by atoms with Crippen molar-refractivity contribution in [3.05, 3.63) is 33.7 Å². The highest BCUT2D eigenvalue weighted by Gasteiger charge is 2.00. The Morgan fingerprint density at radius 1 is 1.46 bits per heavy atom. The number of hydrogen-bond donors (Lipinski definition) is 1. The van der Waals surface area contributed by atoms with Crippen molar-refractivity contribution >= 4 is 0 Å². The van der Waals surface area contributed by atoms with Crippen molar-refractivity contribution in [3.63, 3.8) is 0 Å². The smallest absolute Gasteiger partial charge is 0.251 e. The molecule has 0 aliphatic carbocycles. The van der Waals surface area contributed by atoms with E-state index in [1.807, 2.05) is 19.9 Å². The van der Waals surface area contributed by atoms with Gasteiger partial charge in [-0.25, -0.2) is 0 Å². The van der Waals surface area contributed by atoms with E-state index < -0.39 is 0 Å². The first-order chi connectivity index (χ1) is 6.19. The number of pyridine rings is 1. The van der Waals surface area contributed by atoms with Gasteiger partial charge in [-0.3, -0.25) is 4.79 Å². The largest absolute Gasteiger partial charge is 0.329 e. The van der Waals surface area contributed by atoms with Crippen LogP contribution in [0.4, 0.5) is 0 Å². The van der Waals surface area contributed by atoms with Crippen molar-refractivity contribution in [2.24, 2.45) is 5.73 Å². The Hall–Kier alpha value is -1.09. The third-order valence-corrected chi connectivity index (χ3v) is 2.16. The molecule has 0 aliphatic heterocycles. The van der Waals surface area contributed by atoms with Crippen LogP contribution in [-0.4, -0.2) is 11.1 Å². The van der Waals surface area contributed by atoms with Crippen LogP contribution >= 0.6 is 0 Å². The minimum Gasteiger partial charge on any atom is -0.329 e. The number of nitrogens with zero attached hydrogens (tertiary/aromatic N) is 1. The molecule has 0 atom stereocenters. The lowest BCUT2D eigenvalue weighted by atomic mass is 10.2. The van der Waals surface area contributed by atoms with Crippen LogP contribution in [0.15, 0.2) is 16.9 Å². The summed E-state index contributed by atoms with van der Waals surface area (Å²) in [4.78, 5) is 11.5. The number of aryl methyl sites for hydroxylation is 2. The Bertz CT molecular complexity index is 341. The highest BCUT2D eigenvalue weighted by atomic mass is 16.1. The van der Waals surface area contributed by atoms with E-state index in [4.69, 9.17) is 5.73 Å². The molecular weight excluding hydrogens is 164 g/mol. The lowest BCUT2D eigenvalue weighted by molar-refractivity contribution is 0.657. The summed E-state index contributed by atoms with van der Waals surface area (Å²) in [6.07, 6.45) is 0.902. The van der Waals surface area contributed by atoms with Crippen molar-refractivity contribution in [1.82, 2.24) is 4.57 Å². The highest BCUT2D eigenvalue weighted by molar-refractivity contribution is 5.16. The Morgan fingerprint density at radius 3 is 2.62 bits per heavy atom. The molecule has 1 rings (SSSR count). The van der Waals surface area contributed by atoms with Crippen molar-refractivity contribution in [2.75, 3.05) is 6.54 Å². The molecule has 0 unspecified atom stereocenters. The quantitative estimate of drug-likeness (QED) is 0.743. The molecule has 3 nitrogen and oxygen atoms in total. The second kappa shape index (κ2) is 4.23. The molecule has 0 aromatic carbocycles. The second-order valence-corrected chi connectivity index (χ2v) is 3.14. The normalized spacial score (nSPS) is 10.4. The predicted octanol–water partition coefficient (Wildman–Crippen LogP) is 0.678. The van der Waals surface area contributed by atoms with Crippen LogP contribution in [-0.2, 0) is 13.0 Å². The molecule has 2 N–H and O–H groups in total. The minimum absolute atomic E-state index is 0.0577. The molecule has 0 spiro atoms. The molecule has 0 radical (unpaired) electrons. The maximum atomic E-state index is 11.5. The van der Waals surface area contributed by atoms with Crippen LogP contribution in [0.1, 0.15) is 18.2 Å². The standard InChI is InChI=1S/C10H16N2O/c1-3-9-6-8(2)12(5-4-11)10(13)7-9/h6-7H,3-5,11H2,1-2H3. The van der Waals surface area contributed by atoms with Crippen LogP contribution in [0.5, 0.6) is 0 Å². The van der Waals surface area contributed by atoms with Gasteiger partial charge in [-0.15, -0.1) is 0 Å². The van der Waals surface area contributed by atoms with E-state index in [1.165, 1.54) is 0 Å². The van der Waals surface area contributed by atoms with E-state index in [-0.39, 0.29) is 5.56 Å². The summed E-state index contributed by atoms with van der Waals surface area (Å²) in [5.74, 6) is 0. The zero-order chi connectivity index (χ0) is 9.84. The lowest BCUT2D eigenvalue weighted by Crippen LogP contribution is -2.25. The van der Waals surface area contributed by atoms with Crippen LogP contribution in [0.3, 0.4) is 0 Å². The van der Waals surface area contributed by atoms with Gasteiger partial charge in [0.05, 0.1) is 0 Å². The van der Waals surface area contributed by atoms with Gasteiger partial charge in [-0.1, -0.05) is 6.92 Å². The van der Waals surface area contributed by atoms with Crippen molar-refractivity contribution in [1.29, 1.82) is 0 Å². The van der Waals surface area contributed by atoms with E-state index in [2.05, 4.69) is 0 Å². The zero-order valence-electron chi connectivity index (χ0n) is 8.21. The first kappa shape index (κ1) is 9.99. The maximum absolute atomic E-state index is 11.5. The monoisotopic (exact) mass is 180 g/mol. The molecule has 1 aromatic rings. The van der Waals surface area contributed by atoms with Crippen LogP contribution in [0.2, 0.25) is 0 Å². The topological polar surface area (TPSA) is 48.0 Å². The SMILES string of the molecule is CCc1cc(C)n(CCN)c(=O)c1. The van der Waals surface area contributed by atoms with Gasteiger partial charge in [-0.2, -0.15) is 0 Å². The van der Waals surface area contributed by atoms with Gasteiger partial charge in [0, 0.05) is 24.8 Å². The minimum atomic E-state index is 0.0577. The third-order valence-electron chi connectivity index (χ3n) is 2.16. The molecule has 0 aliphatic rings. The van der Waals surface area contributed by atoms with Crippen molar-refractivity contribution < 1.29 is 0 Å².